The molecule has 2 rings (SSSR count). The third kappa shape index (κ3) is 3.29. The van der Waals surface area contributed by atoms with Gasteiger partial charge in [0.05, 0.1) is 22.4 Å². The van der Waals surface area contributed by atoms with Gasteiger partial charge in [0.15, 0.2) is 0 Å². The molecular weight excluding hydrogens is 284 g/mol. The minimum atomic E-state index is 0.0718. The molecule has 1 aromatic rings. The first-order valence-electron chi connectivity index (χ1n) is 5.76. The van der Waals surface area contributed by atoms with Crippen LogP contribution < -0.4 is 10.6 Å². The minimum absolute atomic E-state index is 0.0718. The van der Waals surface area contributed by atoms with E-state index in [-0.39, 0.29) is 5.91 Å². The van der Waals surface area contributed by atoms with Crippen molar-refractivity contribution in [2.75, 3.05) is 6.54 Å². The molecule has 1 fully saturated rings. The van der Waals surface area contributed by atoms with Crippen LogP contribution in [-0.4, -0.2) is 28.3 Å². The number of rotatable bonds is 5. The number of hydrogen-bond donors (Lipinski definition) is 2. The van der Waals surface area contributed by atoms with Crippen LogP contribution >= 0.6 is 15.9 Å². The number of nitrogens with zero attached hydrogens (tertiary/aromatic N) is 2. The zero-order valence-electron chi connectivity index (χ0n) is 10.1. The molecule has 1 saturated carbocycles. The van der Waals surface area contributed by atoms with Crippen LogP contribution in [0.25, 0.3) is 0 Å². The molecule has 94 valence electrons. The average Bonchev–Trinajstić information content (AvgIpc) is 3.02. The number of carbonyl (C=O) groups is 1. The van der Waals surface area contributed by atoms with E-state index in [1.165, 1.54) is 0 Å². The zero-order valence-corrected chi connectivity index (χ0v) is 11.7. The summed E-state index contributed by atoms with van der Waals surface area (Å²) in [6.45, 7) is 2.94. The highest BCUT2D eigenvalue weighted by atomic mass is 79.9. The van der Waals surface area contributed by atoms with E-state index >= 15 is 0 Å². The molecule has 2 N–H and O–H groups in total. The Kier molecular flexibility index (Phi) is 3.83. The Balaban J connectivity index is 1.78. The van der Waals surface area contributed by atoms with Crippen LogP contribution in [0.4, 0.5) is 0 Å². The second-order valence-electron chi connectivity index (χ2n) is 4.42. The van der Waals surface area contributed by atoms with Gasteiger partial charge >= 0.3 is 0 Å². The van der Waals surface area contributed by atoms with Crippen molar-refractivity contribution in [1.29, 1.82) is 0 Å². The Morgan fingerprint density at radius 1 is 1.59 bits per heavy atom. The molecular formula is C11H17BrN4O. The molecule has 6 heteroatoms. The summed E-state index contributed by atoms with van der Waals surface area (Å²) < 4.78 is 2.83. The van der Waals surface area contributed by atoms with Crippen LogP contribution in [0.2, 0.25) is 0 Å². The van der Waals surface area contributed by atoms with Gasteiger partial charge in [0.2, 0.25) is 5.91 Å². The summed E-state index contributed by atoms with van der Waals surface area (Å²) in [5.41, 5.74) is 2.02. The van der Waals surface area contributed by atoms with Gasteiger partial charge in [-0.3, -0.25) is 9.48 Å². The Morgan fingerprint density at radius 3 is 2.82 bits per heavy atom. The molecule has 0 spiro atoms. The average molecular weight is 301 g/mol. The minimum Gasteiger partial charge on any atom is -0.352 e. The van der Waals surface area contributed by atoms with Gasteiger partial charge in [-0.05, 0) is 35.7 Å². The van der Waals surface area contributed by atoms with Crippen molar-refractivity contribution in [2.45, 2.75) is 32.4 Å². The van der Waals surface area contributed by atoms with E-state index in [1.807, 2.05) is 18.7 Å². The monoisotopic (exact) mass is 300 g/mol. The maximum atomic E-state index is 11.5. The van der Waals surface area contributed by atoms with E-state index in [1.54, 1.807) is 0 Å². The van der Waals surface area contributed by atoms with Crippen molar-refractivity contribution >= 4 is 21.8 Å². The second kappa shape index (κ2) is 5.18. The van der Waals surface area contributed by atoms with E-state index in [0.29, 0.717) is 19.1 Å². The van der Waals surface area contributed by atoms with Gasteiger partial charge in [-0.25, -0.2) is 0 Å². The van der Waals surface area contributed by atoms with Gasteiger partial charge in [-0.1, -0.05) is 0 Å². The Labute approximate surface area is 109 Å². The molecule has 0 bridgehead atoms. The fraction of sp³-hybridized carbons (Fsp3) is 0.636. The SMILES string of the molecule is Cc1nn(C)c(CNCC(=O)NC2CC2)c1Br. The molecule has 1 heterocycles. The summed E-state index contributed by atoms with van der Waals surface area (Å²) in [5.74, 6) is 0.0718. The molecule has 5 nitrogen and oxygen atoms in total. The van der Waals surface area contributed by atoms with Crippen molar-refractivity contribution in [1.82, 2.24) is 20.4 Å². The molecule has 17 heavy (non-hydrogen) atoms. The first-order valence-corrected chi connectivity index (χ1v) is 6.55. The lowest BCUT2D eigenvalue weighted by Crippen LogP contribution is -2.35. The summed E-state index contributed by atoms with van der Waals surface area (Å²) in [6, 6.07) is 0.426. The number of halogens is 1. The van der Waals surface area contributed by atoms with E-state index in [4.69, 9.17) is 0 Å². The van der Waals surface area contributed by atoms with Gasteiger partial charge in [-0.2, -0.15) is 5.10 Å². The molecule has 0 aliphatic heterocycles. The van der Waals surface area contributed by atoms with E-state index in [0.717, 1.165) is 28.7 Å². The molecule has 1 amide bonds. The standard InChI is InChI=1S/C11H17BrN4O/c1-7-11(12)9(16(2)15-7)5-13-6-10(17)14-8-3-4-8/h8,13H,3-6H2,1-2H3,(H,14,17). The molecule has 0 saturated heterocycles. The van der Waals surface area contributed by atoms with Crippen LogP contribution in [-0.2, 0) is 18.4 Å². The molecule has 0 aromatic carbocycles. The third-order valence-corrected chi connectivity index (χ3v) is 3.81. The lowest BCUT2D eigenvalue weighted by molar-refractivity contribution is -0.120. The summed E-state index contributed by atoms with van der Waals surface area (Å²) in [7, 11) is 1.90. The summed E-state index contributed by atoms with van der Waals surface area (Å²) in [6.07, 6.45) is 2.25. The Morgan fingerprint density at radius 2 is 2.29 bits per heavy atom. The van der Waals surface area contributed by atoms with Crippen molar-refractivity contribution in [3.05, 3.63) is 15.9 Å². The third-order valence-electron chi connectivity index (χ3n) is 2.78. The van der Waals surface area contributed by atoms with Gasteiger partial charge in [0.1, 0.15) is 0 Å². The smallest absolute Gasteiger partial charge is 0.234 e. The summed E-state index contributed by atoms with van der Waals surface area (Å²) in [4.78, 5) is 11.5. The normalized spacial score (nSPS) is 15.0. The summed E-state index contributed by atoms with van der Waals surface area (Å²) >= 11 is 3.49. The predicted octanol–water partition coefficient (Wildman–Crippen LogP) is 0.859. The largest absolute Gasteiger partial charge is 0.352 e. The first kappa shape index (κ1) is 12.6. The number of amides is 1. The molecule has 1 aliphatic carbocycles. The highest BCUT2D eigenvalue weighted by Crippen LogP contribution is 2.20. The molecule has 1 aliphatic rings. The topological polar surface area (TPSA) is 59.0 Å². The lowest BCUT2D eigenvalue weighted by atomic mass is 10.3. The predicted molar refractivity (Wildman–Crippen MR) is 68.5 cm³/mol. The van der Waals surface area contributed by atoms with Crippen LogP contribution in [0.5, 0.6) is 0 Å². The Hall–Kier alpha value is -0.880. The first-order chi connectivity index (χ1) is 8.08. The van der Waals surface area contributed by atoms with Crippen LogP contribution in [0, 0.1) is 6.92 Å². The number of carbonyl (C=O) groups excluding carboxylic acids is 1. The van der Waals surface area contributed by atoms with Crippen LogP contribution in [0.3, 0.4) is 0 Å². The number of hydrogen-bond acceptors (Lipinski definition) is 3. The Bertz CT molecular complexity index is 425. The zero-order chi connectivity index (χ0) is 12.4. The highest BCUT2D eigenvalue weighted by molar-refractivity contribution is 9.10. The van der Waals surface area contributed by atoms with Gasteiger partial charge in [-0.15, -0.1) is 0 Å². The summed E-state index contributed by atoms with van der Waals surface area (Å²) in [5, 5.41) is 10.4. The van der Waals surface area contributed by atoms with E-state index < -0.39 is 0 Å². The fourth-order valence-corrected chi connectivity index (χ4v) is 2.15. The number of aryl methyl sites for hydroxylation is 2. The van der Waals surface area contributed by atoms with E-state index in [9.17, 15) is 4.79 Å². The van der Waals surface area contributed by atoms with Crippen molar-refractivity contribution in [3.63, 3.8) is 0 Å². The molecule has 0 unspecified atom stereocenters. The van der Waals surface area contributed by atoms with Gasteiger partial charge < -0.3 is 10.6 Å². The fourth-order valence-electron chi connectivity index (χ4n) is 1.67. The van der Waals surface area contributed by atoms with Gasteiger partial charge in [0, 0.05) is 19.6 Å². The van der Waals surface area contributed by atoms with Crippen LogP contribution in [0.15, 0.2) is 4.47 Å². The number of aromatic nitrogens is 2. The van der Waals surface area contributed by atoms with Crippen molar-refractivity contribution in [2.24, 2.45) is 7.05 Å². The lowest BCUT2D eigenvalue weighted by Gasteiger charge is -2.06. The van der Waals surface area contributed by atoms with Gasteiger partial charge in [0.25, 0.3) is 0 Å². The highest BCUT2D eigenvalue weighted by Gasteiger charge is 2.22. The molecule has 0 atom stereocenters. The maximum absolute atomic E-state index is 11.5. The molecule has 1 aromatic heterocycles. The van der Waals surface area contributed by atoms with E-state index in [2.05, 4.69) is 31.7 Å². The maximum Gasteiger partial charge on any atom is 0.234 e. The quantitative estimate of drug-likeness (QED) is 0.848. The second-order valence-corrected chi connectivity index (χ2v) is 5.21. The number of nitrogens with one attached hydrogen (secondary N) is 2. The molecule has 0 radical (unpaired) electrons. The van der Waals surface area contributed by atoms with Crippen molar-refractivity contribution in [3.8, 4) is 0 Å². The van der Waals surface area contributed by atoms with Crippen molar-refractivity contribution < 1.29 is 4.79 Å². The van der Waals surface area contributed by atoms with Crippen LogP contribution in [0.1, 0.15) is 24.2 Å².